The third kappa shape index (κ3) is 15.2. The van der Waals surface area contributed by atoms with Gasteiger partial charge in [0.05, 0.1) is 39.5 Å². The monoisotopic (exact) mass is 1760 g/mol. The van der Waals surface area contributed by atoms with Crippen molar-refractivity contribution < 1.29 is 8.83 Å². The van der Waals surface area contributed by atoms with E-state index < -0.39 is 0 Å². The Bertz CT molecular complexity index is 8710. The average molecular weight is 1760 g/mol. The van der Waals surface area contributed by atoms with Crippen molar-refractivity contribution in [1.29, 1.82) is 0 Å². The zero-order chi connectivity index (χ0) is 90.6. The number of para-hydroxylation sites is 1. The lowest BCUT2D eigenvalue weighted by Crippen LogP contribution is -2.00. The summed E-state index contributed by atoms with van der Waals surface area (Å²) >= 11 is 0. The number of hydrogen-bond donors (Lipinski definition) is 0. The number of fused-ring (bicyclic) bond motifs is 15. The van der Waals surface area contributed by atoms with E-state index >= 15 is 0 Å². The highest BCUT2D eigenvalue weighted by Crippen LogP contribution is 2.48. The molecule has 0 amide bonds. The zero-order valence-electron chi connectivity index (χ0n) is 73.6. The van der Waals surface area contributed by atoms with Gasteiger partial charge in [-0.2, -0.15) is 0 Å². The molecule has 16 heteroatoms. The van der Waals surface area contributed by atoms with E-state index in [9.17, 15) is 0 Å². The lowest BCUT2D eigenvalue weighted by Gasteiger charge is -2.14. The Morgan fingerprint density at radius 2 is 0.526 bits per heavy atom. The average Bonchev–Trinajstić information content (AvgIpc) is 1.58. The van der Waals surface area contributed by atoms with Crippen molar-refractivity contribution in [3.8, 4) is 192 Å². The molecule has 137 heavy (non-hydrogen) atoms. The molecule has 0 radical (unpaired) electrons. The minimum absolute atomic E-state index is 0.589. The Hall–Kier alpha value is -18.5. The molecular weight excluding hydrogens is 1680 g/mol. The van der Waals surface area contributed by atoms with Crippen LogP contribution >= 0.6 is 0 Å². The van der Waals surface area contributed by atoms with Crippen LogP contribution in [0.3, 0.4) is 0 Å². The number of aromatic nitrogens is 14. The van der Waals surface area contributed by atoms with Crippen LogP contribution < -0.4 is 0 Å². The number of furan rings is 2. The fourth-order valence-corrected chi connectivity index (χ4v) is 19.4. The highest BCUT2D eigenvalue weighted by molar-refractivity contribution is 6.12. The first-order chi connectivity index (χ1) is 67.9. The van der Waals surface area contributed by atoms with Crippen LogP contribution in [-0.2, 0) is 19.3 Å². The van der Waals surface area contributed by atoms with E-state index in [1.165, 1.54) is 67.5 Å². The molecule has 8 heterocycles. The standard InChI is InChI=1S/2C44H29N5.C33H18N4O2/c1-4-13-29(14-5-1)36-23-12-24-37-38(36)27-39-40(45-28-46-41(37)39)34-21-10-19-32(25-34)33-20-11-22-35(26-33)44-48-42(30-15-6-2-7-16-30)47-43(49-44)31-17-8-3-9-18-31;1-4-13-29(14-5-1)35-24-36(26-37(25-35)40-39-27-33-19-10-11-22-38(33)41(39)46-28-45-40)32-20-12-21-34(23-32)44-48-42(30-15-6-2-7-16-30)47-43(49-44)31-17-8-3-9-18-31;1-2-5-21-18(4-1)13-26-30(35-17-36-31(21)26)20-9-11-29-25(14-20)24-12-19(8-10-28(24)38-29)22-6-3-7-23-27-15-34-16-37-33(27)39-32(22)23/h2*1-26,28H,27H2;1-12,14-17H,13H2. The van der Waals surface area contributed by atoms with Gasteiger partial charge in [-0.25, -0.2) is 69.8 Å². The van der Waals surface area contributed by atoms with Gasteiger partial charge < -0.3 is 8.83 Å². The van der Waals surface area contributed by atoms with Gasteiger partial charge in [0.25, 0.3) is 0 Å². The molecule has 3 aliphatic rings. The van der Waals surface area contributed by atoms with Crippen molar-refractivity contribution >= 4 is 44.0 Å². The Morgan fingerprint density at radius 3 is 1.05 bits per heavy atom. The van der Waals surface area contributed by atoms with Crippen molar-refractivity contribution in [3.63, 3.8) is 0 Å². The molecule has 27 rings (SSSR count). The van der Waals surface area contributed by atoms with Crippen LogP contribution in [0.5, 0.6) is 0 Å². The molecule has 0 atom stereocenters. The second-order valence-electron chi connectivity index (χ2n) is 34.2. The molecule has 0 saturated heterocycles. The second kappa shape index (κ2) is 34.6. The first-order valence-corrected chi connectivity index (χ1v) is 45.6. The summed E-state index contributed by atoms with van der Waals surface area (Å²) in [7, 11) is 0. The van der Waals surface area contributed by atoms with Gasteiger partial charge in [-0.05, 0) is 133 Å². The molecule has 0 bridgehead atoms. The van der Waals surface area contributed by atoms with E-state index in [0.29, 0.717) is 40.7 Å². The molecule has 24 aromatic rings. The Morgan fingerprint density at radius 1 is 0.182 bits per heavy atom. The molecule has 16 aromatic carbocycles. The topological polar surface area (TPSA) is 207 Å². The summed E-state index contributed by atoms with van der Waals surface area (Å²) in [6.07, 6.45) is 10.8. The fourth-order valence-electron chi connectivity index (χ4n) is 19.4. The van der Waals surface area contributed by atoms with Crippen LogP contribution in [0.25, 0.3) is 236 Å². The minimum Gasteiger partial charge on any atom is -0.456 e. The van der Waals surface area contributed by atoms with Crippen LogP contribution in [0.2, 0.25) is 0 Å². The molecule has 0 unspecified atom stereocenters. The number of rotatable bonds is 14. The van der Waals surface area contributed by atoms with Gasteiger partial charge >= 0.3 is 0 Å². The summed E-state index contributed by atoms with van der Waals surface area (Å²) in [5, 5.41) is 4.01. The molecule has 8 aromatic heterocycles. The van der Waals surface area contributed by atoms with E-state index in [0.717, 1.165) is 186 Å². The van der Waals surface area contributed by atoms with Gasteiger partial charge in [0, 0.05) is 131 Å². The normalized spacial score (nSPS) is 11.9. The van der Waals surface area contributed by atoms with E-state index in [-0.39, 0.29) is 0 Å². The summed E-state index contributed by atoms with van der Waals surface area (Å²) in [4.78, 5) is 66.7. The summed E-state index contributed by atoms with van der Waals surface area (Å²) in [6, 6.07) is 136. The number of nitrogens with zero attached hydrogens (tertiary/aromatic N) is 14. The Kier molecular flexibility index (Phi) is 20.4. The molecule has 0 N–H and O–H groups in total. The Balaban J connectivity index is 0.000000110. The predicted octanol–water partition coefficient (Wildman–Crippen LogP) is 28.4. The van der Waals surface area contributed by atoms with Crippen LogP contribution in [0.4, 0.5) is 0 Å². The van der Waals surface area contributed by atoms with Crippen molar-refractivity contribution in [1.82, 2.24) is 69.8 Å². The van der Waals surface area contributed by atoms with Crippen LogP contribution in [-0.4, -0.2) is 69.8 Å². The highest BCUT2D eigenvalue weighted by Gasteiger charge is 2.30. The van der Waals surface area contributed by atoms with Crippen LogP contribution in [0, 0.1) is 0 Å². The van der Waals surface area contributed by atoms with Gasteiger partial charge in [-0.3, -0.25) is 0 Å². The minimum atomic E-state index is 0.589. The fraction of sp³-hybridized carbons (Fsp3) is 0.0248. The van der Waals surface area contributed by atoms with E-state index in [1.807, 2.05) is 152 Å². The summed E-state index contributed by atoms with van der Waals surface area (Å²) in [6.45, 7) is 0. The SMILES string of the molecule is c1ccc(-c2cc(-c3cccc(-c4nc(-c5ccccc5)nc(-c5ccccc5)n4)c3)cc(-c3ncnc4c3Cc3ccccc3-4)c2)cc1.c1ccc(-c2nc(-c3ccccc3)nc(-c3cccc(-c4cccc(-c5ncnc6c5Cc5c(-c7ccccc7)cccc5-6)c4)c3)n2)cc1.c1ccc2c(c1)Cc1c(-c3ccc4oc5ccc(-c6cccc7c6oc6ncncc67)cc5c4c3)ncnc1-2. The maximum absolute atomic E-state index is 6.24. The molecule has 0 fully saturated rings. The van der Waals surface area contributed by atoms with Gasteiger partial charge in [0.2, 0.25) is 5.71 Å². The largest absolute Gasteiger partial charge is 0.456 e. The van der Waals surface area contributed by atoms with E-state index in [4.69, 9.17) is 63.7 Å². The van der Waals surface area contributed by atoms with Crippen molar-refractivity contribution in [3.05, 3.63) is 459 Å². The molecular formula is C121H76N14O2. The number of hydrogen-bond acceptors (Lipinski definition) is 16. The molecule has 3 aliphatic carbocycles. The second-order valence-corrected chi connectivity index (χ2v) is 34.2. The summed E-state index contributed by atoms with van der Waals surface area (Å²) in [5.74, 6) is 3.83. The Labute approximate surface area is 787 Å². The van der Waals surface area contributed by atoms with Gasteiger partial charge in [-0.15, -0.1) is 0 Å². The molecule has 0 saturated carbocycles. The zero-order valence-corrected chi connectivity index (χ0v) is 73.6. The molecule has 16 nitrogen and oxygen atoms in total. The van der Waals surface area contributed by atoms with Crippen LogP contribution in [0.1, 0.15) is 33.4 Å². The first-order valence-electron chi connectivity index (χ1n) is 45.6. The van der Waals surface area contributed by atoms with Crippen molar-refractivity contribution in [2.45, 2.75) is 19.3 Å². The van der Waals surface area contributed by atoms with E-state index in [2.05, 4.69) is 258 Å². The van der Waals surface area contributed by atoms with Gasteiger partial charge in [-0.1, -0.05) is 328 Å². The lowest BCUT2D eigenvalue weighted by molar-refractivity contribution is 0.653. The quantitative estimate of drug-likeness (QED) is 0.0992. The van der Waals surface area contributed by atoms with Gasteiger partial charge in [0.15, 0.2) is 34.9 Å². The smallest absolute Gasteiger partial charge is 0.230 e. The third-order valence-electron chi connectivity index (χ3n) is 26.0. The van der Waals surface area contributed by atoms with Crippen LogP contribution in [0.15, 0.2) is 435 Å². The van der Waals surface area contributed by atoms with Gasteiger partial charge in [0.1, 0.15) is 42.1 Å². The summed E-state index contributed by atoms with van der Waals surface area (Å²) in [5.41, 5.74) is 39.9. The summed E-state index contributed by atoms with van der Waals surface area (Å²) < 4.78 is 12.4. The predicted molar refractivity (Wildman–Crippen MR) is 544 cm³/mol. The number of benzene rings is 16. The first kappa shape index (κ1) is 80.5. The van der Waals surface area contributed by atoms with Crippen molar-refractivity contribution in [2.24, 2.45) is 0 Å². The molecule has 0 aliphatic heterocycles. The molecule has 642 valence electrons. The van der Waals surface area contributed by atoms with E-state index in [1.54, 1.807) is 25.2 Å². The third-order valence-corrected chi connectivity index (χ3v) is 26.0. The highest BCUT2D eigenvalue weighted by atomic mass is 16.3. The lowest BCUT2D eigenvalue weighted by atomic mass is 9.93. The maximum atomic E-state index is 6.24. The molecule has 0 spiro atoms. The van der Waals surface area contributed by atoms with Crippen molar-refractivity contribution in [2.75, 3.05) is 0 Å². The maximum Gasteiger partial charge on any atom is 0.230 e.